The minimum Gasteiger partial charge on any atom is -0.393 e. The average molecular weight is 453 g/mol. The van der Waals surface area contributed by atoms with Gasteiger partial charge in [-0.1, -0.05) is 0 Å². The van der Waals surface area contributed by atoms with Gasteiger partial charge in [-0.3, -0.25) is 9.48 Å². The minimum absolute atomic E-state index is 0.0814. The first-order valence-electron chi connectivity index (χ1n) is 11.9. The summed E-state index contributed by atoms with van der Waals surface area (Å²) in [5.41, 5.74) is 4.02. The van der Waals surface area contributed by atoms with Crippen molar-refractivity contribution >= 4 is 17.2 Å². The molecule has 0 amide bonds. The SMILES string of the molecule is COC[C@H](C)Nc1ncc2c(-c3cnn([C@@H]4CCCC4=O)c3)cc(C3CCC(O)CC3)n2n1. The molecule has 9 heteroatoms. The maximum atomic E-state index is 12.2. The van der Waals surface area contributed by atoms with E-state index in [9.17, 15) is 9.90 Å². The van der Waals surface area contributed by atoms with E-state index in [1.54, 1.807) is 7.11 Å². The van der Waals surface area contributed by atoms with Crippen molar-refractivity contribution in [1.29, 1.82) is 0 Å². The molecule has 0 bridgehead atoms. The maximum absolute atomic E-state index is 12.2. The molecule has 0 aromatic carbocycles. The summed E-state index contributed by atoms with van der Waals surface area (Å²) < 4.78 is 9.03. The van der Waals surface area contributed by atoms with Crippen LogP contribution in [0.25, 0.3) is 16.6 Å². The fourth-order valence-electron chi connectivity index (χ4n) is 5.21. The van der Waals surface area contributed by atoms with E-state index in [0.717, 1.165) is 60.9 Å². The van der Waals surface area contributed by atoms with Gasteiger partial charge in [0.25, 0.3) is 0 Å². The fourth-order valence-corrected chi connectivity index (χ4v) is 5.21. The quantitative estimate of drug-likeness (QED) is 0.566. The maximum Gasteiger partial charge on any atom is 0.241 e. The number of hydrogen-bond acceptors (Lipinski definition) is 7. The van der Waals surface area contributed by atoms with E-state index in [1.165, 1.54) is 0 Å². The first-order valence-corrected chi connectivity index (χ1v) is 11.9. The lowest BCUT2D eigenvalue weighted by Crippen LogP contribution is -2.23. The van der Waals surface area contributed by atoms with E-state index in [2.05, 4.69) is 21.5 Å². The number of hydrogen-bond donors (Lipinski definition) is 2. The second kappa shape index (κ2) is 9.23. The Bertz CT molecular complexity index is 1130. The zero-order valence-corrected chi connectivity index (χ0v) is 19.3. The van der Waals surface area contributed by atoms with Crippen LogP contribution in [0.5, 0.6) is 0 Å². The van der Waals surface area contributed by atoms with E-state index in [4.69, 9.17) is 9.84 Å². The number of carbonyl (C=O) groups excluding carboxylic acids is 1. The summed E-state index contributed by atoms with van der Waals surface area (Å²) >= 11 is 0. The largest absolute Gasteiger partial charge is 0.393 e. The first-order chi connectivity index (χ1) is 16.0. The standard InChI is InChI=1S/C24H32N6O3/c1-15(14-33-2)27-24-25-12-22-19(17-11-26-29(13-17)20-4-3-5-23(20)32)10-21(30(22)28-24)16-6-8-18(31)9-7-16/h10-13,15-16,18,20,31H,3-9,14H2,1-2H3,(H,27,28)/t15-,16?,18?,20+/m0/s1. The highest BCUT2D eigenvalue weighted by atomic mass is 16.5. The van der Waals surface area contributed by atoms with E-state index in [0.29, 0.717) is 24.9 Å². The van der Waals surface area contributed by atoms with E-state index < -0.39 is 0 Å². The number of aliphatic hydroxyl groups excluding tert-OH is 1. The molecule has 33 heavy (non-hydrogen) atoms. The van der Waals surface area contributed by atoms with Crippen LogP contribution in [0.4, 0.5) is 5.95 Å². The molecule has 9 nitrogen and oxygen atoms in total. The van der Waals surface area contributed by atoms with Crippen molar-refractivity contribution in [3.8, 4) is 11.1 Å². The van der Waals surface area contributed by atoms with Crippen molar-refractivity contribution < 1.29 is 14.6 Å². The Morgan fingerprint density at radius 2 is 2.06 bits per heavy atom. The summed E-state index contributed by atoms with van der Waals surface area (Å²) in [5.74, 6) is 1.14. The minimum atomic E-state index is -0.212. The summed E-state index contributed by atoms with van der Waals surface area (Å²) in [7, 11) is 1.68. The second-order valence-electron chi connectivity index (χ2n) is 9.45. The van der Waals surface area contributed by atoms with Crippen LogP contribution in [0.2, 0.25) is 0 Å². The molecular weight excluding hydrogens is 420 g/mol. The summed E-state index contributed by atoms with van der Waals surface area (Å²) in [6, 6.07) is 2.12. The topological polar surface area (TPSA) is 107 Å². The van der Waals surface area contributed by atoms with Crippen molar-refractivity contribution in [2.75, 3.05) is 19.0 Å². The number of ether oxygens (including phenoxy) is 1. The number of Topliss-reactive ketones (excluding diaryl/α,β-unsaturated/α-hetero) is 1. The molecule has 3 aromatic rings. The third-order valence-corrected chi connectivity index (χ3v) is 6.96. The van der Waals surface area contributed by atoms with Gasteiger partial charge in [-0.05, 0) is 51.5 Å². The molecule has 3 aromatic heterocycles. The van der Waals surface area contributed by atoms with Gasteiger partial charge in [-0.2, -0.15) is 5.10 Å². The Kier molecular flexibility index (Phi) is 6.16. The number of aromatic nitrogens is 5. The Balaban J connectivity index is 1.53. The number of nitrogens with zero attached hydrogens (tertiary/aromatic N) is 5. The highest BCUT2D eigenvalue weighted by Crippen LogP contribution is 2.38. The molecule has 0 radical (unpaired) electrons. The van der Waals surface area contributed by atoms with Gasteiger partial charge in [0.15, 0.2) is 5.78 Å². The molecule has 2 fully saturated rings. The number of fused-ring (bicyclic) bond motifs is 1. The molecule has 0 saturated heterocycles. The van der Waals surface area contributed by atoms with Crippen LogP contribution in [0.15, 0.2) is 24.7 Å². The lowest BCUT2D eigenvalue weighted by Gasteiger charge is -2.25. The lowest BCUT2D eigenvalue weighted by atomic mass is 9.85. The van der Waals surface area contributed by atoms with Gasteiger partial charge >= 0.3 is 0 Å². The molecule has 2 saturated carbocycles. The molecule has 176 valence electrons. The predicted octanol–water partition coefficient (Wildman–Crippen LogP) is 3.35. The van der Waals surface area contributed by atoms with Crippen LogP contribution in [-0.2, 0) is 9.53 Å². The van der Waals surface area contributed by atoms with Gasteiger partial charge in [0.05, 0.1) is 30.6 Å². The van der Waals surface area contributed by atoms with Crippen molar-refractivity contribution in [2.45, 2.75) is 76.0 Å². The zero-order valence-electron chi connectivity index (χ0n) is 19.3. The predicted molar refractivity (Wildman–Crippen MR) is 124 cm³/mol. The molecule has 2 aliphatic carbocycles. The summed E-state index contributed by atoms with van der Waals surface area (Å²) in [4.78, 5) is 16.8. The van der Waals surface area contributed by atoms with Crippen LogP contribution < -0.4 is 5.32 Å². The molecule has 0 spiro atoms. The normalized spacial score (nSPS) is 24.5. The van der Waals surface area contributed by atoms with Crippen molar-refractivity contribution in [2.24, 2.45) is 0 Å². The molecule has 2 N–H and O–H groups in total. The third-order valence-electron chi connectivity index (χ3n) is 6.96. The van der Waals surface area contributed by atoms with Crippen LogP contribution in [-0.4, -0.2) is 61.1 Å². The molecule has 2 aliphatic rings. The monoisotopic (exact) mass is 452 g/mol. The summed E-state index contributed by atoms with van der Waals surface area (Å²) in [6.45, 7) is 2.59. The van der Waals surface area contributed by atoms with E-state index in [1.807, 2.05) is 34.7 Å². The molecule has 3 heterocycles. The van der Waals surface area contributed by atoms with Crippen LogP contribution in [0, 0.1) is 0 Å². The summed E-state index contributed by atoms with van der Waals surface area (Å²) in [6.07, 6.45) is 11.3. The van der Waals surface area contributed by atoms with Crippen molar-refractivity contribution in [3.05, 3.63) is 30.4 Å². The summed E-state index contributed by atoms with van der Waals surface area (Å²) in [5, 5.41) is 22.7. The Morgan fingerprint density at radius 3 is 2.79 bits per heavy atom. The molecule has 0 unspecified atom stereocenters. The van der Waals surface area contributed by atoms with Gasteiger partial charge < -0.3 is 15.2 Å². The number of ketones is 1. The van der Waals surface area contributed by atoms with Crippen LogP contribution >= 0.6 is 0 Å². The smallest absolute Gasteiger partial charge is 0.241 e. The van der Waals surface area contributed by atoms with Crippen molar-refractivity contribution in [1.82, 2.24) is 24.4 Å². The highest BCUT2D eigenvalue weighted by Gasteiger charge is 2.28. The van der Waals surface area contributed by atoms with Gasteiger partial charge in [-0.15, -0.1) is 5.10 Å². The number of nitrogens with one attached hydrogen (secondary N) is 1. The van der Waals surface area contributed by atoms with Gasteiger partial charge in [0.1, 0.15) is 6.04 Å². The zero-order chi connectivity index (χ0) is 22.9. The Hall–Kier alpha value is -2.78. The van der Waals surface area contributed by atoms with Gasteiger partial charge in [-0.25, -0.2) is 9.50 Å². The van der Waals surface area contributed by atoms with Gasteiger partial charge in [0.2, 0.25) is 5.95 Å². The third kappa shape index (κ3) is 4.39. The van der Waals surface area contributed by atoms with Crippen molar-refractivity contribution in [3.63, 3.8) is 0 Å². The number of carbonyl (C=O) groups is 1. The molecule has 5 rings (SSSR count). The van der Waals surface area contributed by atoms with Crippen LogP contribution in [0.3, 0.4) is 0 Å². The Morgan fingerprint density at radius 1 is 1.24 bits per heavy atom. The van der Waals surface area contributed by atoms with Gasteiger partial charge in [0, 0.05) is 48.5 Å². The molecule has 0 aliphatic heterocycles. The van der Waals surface area contributed by atoms with E-state index >= 15 is 0 Å². The first kappa shape index (κ1) is 22.0. The Labute approximate surface area is 193 Å². The lowest BCUT2D eigenvalue weighted by molar-refractivity contribution is -0.120. The number of anilines is 1. The number of methoxy groups -OCH3 is 1. The van der Waals surface area contributed by atoms with Crippen LogP contribution in [0.1, 0.15) is 69.5 Å². The molecule has 2 atom stereocenters. The number of aliphatic hydroxyl groups is 1. The van der Waals surface area contributed by atoms with E-state index in [-0.39, 0.29) is 24.0 Å². The number of rotatable bonds is 7. The highest BCUT2D eigenvalue weighted by molar-refractivity contribution is 5.85. The average Bonchev–Trinajstić information content (AvgIpc) is 3.52. The second-order valence-corrected chi connectivity index (χ2v) is 9.45. The molecular formula is C24H32N6O3. The fraction of sp³-hybridized carbons (Fsp3) is 0.583.